The van der Waals surface area contributed by atoms with Crippen LogP contribution in [0.5, 0.6) is 11.6 Å². The number of nitrogens with zero attached hydrogens (tertiary/aromatic N) is 1. The average molecular weight is 268 g/mol. The fourth-order valence-electron chi connectivity index (χ4n) is 1.46. The molecule has 18 heavy (non-hydrogen) atoms. The number of aliphatic hydroxyl groups excluding tert-OH is 1. The van der Waals surface area contributed by atoms with Crippen LogP contribution in [-0.4, -0.2) is 10.1 Å². The second kappa shape index (κ2) is 5.33. The first kappa shape index (κ1) is 12.8. The van der Waals surface area contributed by atoms with Gasteiger partial charge in [-0.2, -0.15) is 0 Å². The molecule has 0 unspecified atom stereocenters. The SMILES string of the molecule is C[C@H](O)c1cccnc1Oc1ccc(F)c(Cl)c1. The van der Waals surface area contributed by atoms with Gasteiger partial charge in [0.05, 0.1) is 11.1 Å². The molecule has 1 N–H and O–H groups in total. The van der Waals surface area contributed by atoms with E-state index in [-0.39, 0.29) is 10.9 Å². The monoisotopic (exact) mass is 267 g/mol. The Kier molecular flexibility index (Phi) is 3.79. The molecule has 0 amide bonds. The van der Waals surface area contributed by atoms with Crippen LogP contribution in [-0.2, 0) is 0 Å². The maximum atomic E-state index is 13.0. The van der Waals surface area contributed by atoms with E-state index >= 15 is 0 Å². The minimum Gasteiger partial charge on any atom is -0.439 e. The van der Waals surface area contributed by atoms with Gasteiger partial charge in [-0.1, -0.05) is 11.6 Å². The molecule has 3 nitrogen and oxygen atoms in total. The summed E-state index contributed by atoms with van der Waals surface area (Å²) < 4.78 is 18.5. The normalized spacial score (nSPS) is 12.2. The minimum atomic E-state index is -0.704. The minimum absolute atomic E-state index is 0.0259. The van der Waals surface area contributed by atoms with Crippen LogP contribution in [0.2, 0.25) is 5.02 Å². The molecule has 0 saturated carbocycles. The number of benzene rings is 1. The number of hydrogen-bond donors (Lipinski definition) is 1. The molecule has 0 radical (unpaired) electrons. The Morgan fingerprint density at radius 3 is 2.83 bits per heavy atom. The summed E-state index contributed by atoms with van der Waals surface area (Å²) in [5.74, 6) is 0.123. The van der Waals surface area contributed by atoms with Gasteiger partial charge in [0.25, 0.3) is 0 Å². The van der Waals surface area contributed by atoms with Crippen LogP contribution in [0.3, 0.4) is 0 Å². The smallest absolute Gasteiger partial charge is 0.225 e. The van der Waals surface area contributed by atoms with E-state index in [2.05, 4.69) is 4.98 Å². The van der Waals surface area contributed by atoms with Gasteiger partial charge in [0.1, 0.15) is 11.6 Å². The van der Waals surface area contributed by atoms with Crippen molar-refractivity contribution >= 4 is 11.6 Å². The number of hydrogen-bond acceptors (Lipinski definition) is 3. The van der Waals surface area contributed by atoms with Crippen molar-refractivity contribution in [1.29, 1.82) is 0 Å². The molecular weight excluding hydrogens is 257 g/mol. The van der Waals surface area contributed by atoms with Gasteiger partial charge in [0.15, 0.2) is 0 Å². The number of halogens is 2. The third kappa shape index (κ3) is 2.78. The van der Waals surface area contributed by atoms with Crippen LogP contribution in [0.1, 0.15) is 18.6 Å². The molecule has 0 spiro atoms. The van der Waals surface area contributed by atoms with Crippen molar-refractivity contribution in [3.05, 3.63) is 52.9 Å². The standard InChI is InChI=1S/C13H11ClFNO2/c1-8(17)10-3-2-6-16-13(10)18-9-4-5-12(15)11(14)7-9/h2-8,17H,1H3/t8-/m0/s1. The van der Waals surface area contributed by atoms with E-state index in [1.807, 2.05) is 0 Å². The zero-order valence-electron chi connectivity index (χ0n) is 9.60. The lowest BCUT2D eigenvalue weighted by Crippen LogP contribution is -1.98. The Morgan fingerprint density at radius 2 is 2.17 bits per heavy atom. The van der Waals surface area contributed by atoms with E-state index in [0.717, 1.165) is 0 Å². The number of rotatable bonds is 3. The first-order valence-corrected chi connectivity index (χ1v) is 5.71. The van der Waals surface area contributed by atoms with Crippen LogP contribution in [0.4, 0.5) is 4.39 Å². The molecule has 2 aromatic rings. The van der Waals surface area contributed by atoms with Crippen molar-refractivity contribution in [2.45, 2.75) is 13.0 Å². The summed E-state index contributed by atoms with van der Waals surface area (Å²) in [6.45, 7) is 1.61. The molecule has 94 valence electrons. The molecule has 0 saturated heterocycles. The van der Waals surface area contributed by atoms with Gasteiger partial charge in [0, 0.05) is 17.8 Å². The van der Waals surface area contributed by atoms with Crippen LogP contribution in [0.15, 0.2) is 36.5 Å². The molecule has 1 atom stereocenters. The van der Waals surface area contributed by atoms with E-state index in [9.17, 15) is 9.50 Å². The van der Waals surface area contributed by atoms with Crippen molar-refractivity contribution in [2.24, 2.45) is 0 Å². The summed E-state index contributed by atoms with van der Waals surface area (Å²) in [7, 11) is 0. The highest BCUT2D eigenvalue weighted by molar-refractivity contribution is 6.30. The maximum absolute atomic E-state index is 13.0. The van der Waals surface area contributed by atoms with Crippen LogP contribution in [0, 0.1) is 5.82 Å². The van der Waals surface area contributed by atoms with Crippen LogP contribution >= 0.6 is 11.6 Å². The lowest BCUT2D eigenvalue weighted by Gasteiger charge is -2.11. The lowest BCUT2D eigenvalue weighted by molar-refractivity contribution is 0.194. The molecule has 1 heterocycles. The highest BCUT2D eigenvalue weighted by atomic mass is 35.5. The average Bonchev–Trinajstić information content (AvgIpc) is 2.34. The fourth-order valence-corrected chi connectivity index (χ4v) is 1.63. The van der Waals surface area contributed by atoms with Gasteiger partial charge in [-0.15, -0.1) is 0 Å². The Bertz CT molecular complexity index is 560. The molecule has 1 aromatic heterocycles. The molecule has 2 rings (SSSR count). The summed E-state index contributed by atoms with van der Waals surface area (Å²) in [6, 6.07) is 7.42. The van der Waals surface area contributed by atoms with Gasteiger partial charge >= 0.3 is 0 Å². The largest absolute Gasteiger partial charge is 0.439 e. The number of aromatic nitrogens is 1. The Balaban J connectivity index is 2.31. The molecule has 0 fully saturated rings. The molecule has 5 heteroatoms. The van der Waals surface area contributed by atoms with Gasteiger partial charge < -0.3 is 9.84 Å². The molecule has 1 aromatic carbocycles. The van der Waals surface area contributed by atoms with Crippen molar-refractivity contribution in [3.63, 3.8) is 0 Å². The summed E-state index contributed by atoms with van der Waals surface area (Å²) >= 11 is 5.66. The van der Waals surface area contributed by atoms with Gasteiger partial charge in [0.2, 0.25) is 5.88 Å². The first-order valence-electron chi connectivity index (χ1n) is 5.34. The lowest BCUT2D eigenvalue weighted by atomic mass is 10.2. The molecule has 0 bridgehead atoms. The Morgan fingerprint density at radius 1 is 1.39 bits per heavy atom. The second-order valence-corrected chi connectivity index (χ2v) is 4.16. The highest BCUT2D eigenvalue weighted by Gasteiger charge is 2.11. The van der Waals surface area contributed by atoms with E-state index in [1.54, 1.807) is 25.3 Å². The van der Waals surface area contributed by atoms with Crippen molar-refractivity contribution < 1.29 is 14.2 Å². The second-order valence-electron chi connectivity index (χ2n) is 3.75. The third-order valence-electron chi connectivity index (χ3n) is 2.36. The van der Waals surface area contributed by atoms with Crippen molar-refractivity contribution in [1.82, 2.24) is 4.98 Å². The van der Waals surface area contributed by atoms with Gasteiger partial charge in [-0.25, -0.2) is 9.37 Å². The van der Waals surface area contributed by atoms with Crippen LogP contribution in [0.25, 0.3) is 0 Å². The van der Waals surface area contributed by atoms with E-state index in [0.29, 0.717) is 11.3 Å². The predicted molar refractivity (Wildman–Crippen MR) is 66.4 cm³/mol. The number of pyridine rings is 1. The summed E-state index contributed by atoms with van der Waals surface area (Å²) in [5, 5.41) is 9.55. The van der Waals surface area contributed by atoms with Crippen molar-refractivity contribution in [3.8, 4) is 11.6 Å². The van der Waals surface area contributed by atoms with E-state index in [4.69, 9.17) is 16.3 Å². The van der Waals surface area contributed by atoms with Gasteiger partial charge in [-0.3, -0.25) is 0 Å². The number of ether oxygens (including phenoxy) is 1. The number of aliphatic hydroxyl groups is 1. The molecule has 0 aliphatic rings. The van der Waals surface area contributed by atoms with E-state index < -0.39 is 11.9 Å². The quantitative estimate of drug-likeness (QED) is 0.922. The van der Waals surface area contributed by atoms with Crippen molar-refractivity contribution in [2.75, 3.05) is 0 Å². The summed E-state index contributed by atoms with van der Waals surface area (Å²) in [5.41, 5.74) is 0.554. The molecular formula is C13H11ClFNO2. The highest BCUT2D eigenvalue weighted by Crippen LogP contribution is 2.29. The van der Waals surface area contributed by atoms with Gasteiger partial charge in [-0.05, 0) is 31.2 Å². The predicted octanol–water partition coefficient (Wildman–Crippen LogP) is 3.72. The summed E-state index contributed by atoms with van der Waals surface area (Å²) in [6.07, 6.45) is 0.844. The topological polar surface area (TPSA) is 42.4 Å². The Labute approximate surface area is 109 Å². The third-order valence-corrected chi connectivity index (χ3v) is 2.65. The molecule has 0 aliphatic carbocycles. The zero-order chi connectivity index (χ0) is 13.1. The Hall–Kier alpha value is -1.65. The van der Waals surface area contributed by atoms with Crippen LogP contribution < -0.4 is 4.74 Å². The maximum Gasteiger partial charge on any atom is 0.225 e. The molecule has 0 aliphatic heterocycles. The zero-order valence-corrected chi connectivity index (χ0v) is 10.4. The fraction of sp³-hybridized carbons (Fsp3) is 0.154. The first-order chi connectivity index (χ1) is 8.58. The summed E-state index contributed by atoms with van der Waals surface area (Å²) in [4.78, 5) is 4.03. The van der Waals surface area contributed by atoms with E-state index in [1.165, 1.54) is 18.2 Å².